The molecule has 12 nitrogen and oxygen atoms in total. The number of allylic oxidation sites excluding steroid dienone is 8. The number of aliphatic carboxylic acids is 1. The minimum atomic E-state index is -1.91. The fraction of sp³-hybridized carbons (Fsp3) is 0.803. The number of carbonyl (C=O) groups is 4. The van der Waals surface area contributed by atoms with Crippen LogP contribution in [0.2, 0.25) is 0 Å². The van der Waals surface area contributed by atoms with E-state index in [-0.39, 0.29) is 25.9 Å². The first-order chi connectivity index (χ1) is 35.6. The molecule has 73 heavy (non-hydrogen) atoms. The molecule has 1 fully saturated rings. The summed E-state index contributed by atoms with van der Waals surface area (Å²) >= 11 is 0. The summed E-state index contributed by atoms with van der Waals surface area (Å²) in [6, 6.07) is 0. The fourth-order valence-electron chi connectivity index (χ4n) is 8.85. The number of aliphatic hydroxyl groups is 2. The topological polar surface area (TPSA) is 175 Å². The summed E-state index contributed by atoms with van der Waals surface area (Å²) in [6.45, 7) is 5.87. The number of carboxylic acids is 1. The number of unbranched alkanes of at least 4 members (excludes halogenated alkanes) is 28. The molecule has 0 aliphatic carbocycles. The molecule has 6 atom stereocenters. The number of hydrogen-bond acceptors (Lipinski definition) is 11. The van der Waals surface area contributed by atoms with E-state index in [2.05, 4.69) is 69.4 Å². The van der Waals surface area contributed by atoms with Crippen LogP contribution in [-0.2, 0) is 42.9 Å². The Morgan fingerprint density at radius 1 is 0.466 bits per heavy atom. The second kappa shape index (κ2) is 49.6. The van der Waals surface area contributed by atoms with Crippen molar-refractivity contribution in [2.75, 3.05) is 13.2 Å². The zero-order valence-corrected chi connectivity index (χ0v) is 46.4. The summed E-state index contributed by atoms with van der Waals surface area (Å²) in [6.07, 6.45) is 46.6. The summed E-state index contributed by atoms with van der Waals surface area (Å²) in [5, 5.41) is 31.4. The highest BCUT2D eigenvalue weighted by atomic mass is 16.7. The molecule has 3 N–H and O–H groups in total. The van der Waals surface area contributed by atoms with E-state index in [1.54, 1.807) is 0 Å². The van der Waals surface area contributed by atoms with Crippen molar-refractivity contribution in [3.63, 3.8) is 0 Å². The summed E-state index contributed by atoms with van der Waals surface area (Å²) in [4.78, 5) is 51.1. The normalized spacial score (nSPS) is 18.6. The maximum Gasteiger partial charge on any atom is 0.335 e. The van der Waals surface area contributed by atoms with Crippen molar-refractivity contribution in [3.05, 3.63) is 48.6 Å². The van der Waals surface area contributed by atoms with Crippen LogP contribution in [0.25, 0.3) is 0 Å². The van der Waals surface area contributed by atoms with Gasteiger partial charge in [-0.05, 0) is 77.0 Å². The molecule has 0 bridgehead atoms. The molecular weight excluding hydrogens is 925 g/mol. The van der Waals surface area contributed by atoms with Crippen LogP contribution >= 0.6 is 0 Å². The van der Waals surface area contributed by atoms with Gasteiger partial charge in [0.05, 0.1) is 6.61 Å². The average molecular weight is 1030 g/mol. The molecular formula is C61H106O12. The van der Waals surface area contributed by atoms with Crippen molar-refractivity contribution in [1.29, 1.82) is 0 Å². The van der Waals surface area contributed by atoms with Gasteiger partial charge >= 0.3 is 23.9 Å². The van der Waals surface area contributed by atoms with Gasteiger partial charge in [-0.25, -0.2) is 4.79 Å². The molecule has 0 aromatic heterocycles. The first kappa shape index (κ1) is 67.7. The molecule has 0 radical (unpaired) electrons. The fourth-order valence-corrected chi connectivity index (χ4v) is 8.85. The van der Waals surface area contributed by atoms with Gasteiger partial charge in [0, 0.05) is 19.3 Å². The summed E-state index contributed by atoms with van der Waals surface area (Å²) in [7, 11) is 0. The average Bonchev–Trinajstić information content (AvgIpc) is 3.37. The molecule has 1 rings (SSSR count). The minimum absolute atomic E-state index is 0.0261. The number of rotatable bonds is 50. The second-order valence-electron chi connectivity index (χ2n) is 20.3. The van der Waals surface area contributed by atoms with E-state index in [0.717, 1.165) is 96.3 Å². The number of esters is 3. The van der Waals surface area contributed by atoms with Crippen LogP contribution in [0.15, 0.2) is 48.6 Å². The van der Waals surface area contributed by atoms with Crippen LogP contribution in [0.4, 0.5) is 0 Å². The van der Waals surface area contributed by atoms with E-state index < -0.39 is 67.3 Å². The molecule has 1 aliphatic rings. The van der Waals surface area contributed by atoms with Crippen LogP contribution in [0.3, 0.4) is 0 Å². The lowest BCUT2D eigenvalue weighted by Gasteiger charge is -2.40. The molecule has 1 saturated heterocycles. The van der Waals surface area contributed by atoms with Gasteiger partial charge in [-0.1, -0.05) is 217 Å². The van der Waals surface area contributed by atoms with E-state index in [4.69, 9.17) is 23.7 Å². The smallest absolute Gasteiger partial charge is 0.335 e. The monoisotopic (exact) mass is 1030 g/mol. The van der Waals surface area contributed by atoms with Crippen LogP contribution in [0.1, 0.15) is 265 Å². The highest BCUT2D eigenvalue weighted by molar-refractivity contribution is 5.74. The van der Waals surface area contributed by atoms with E-state index in [9.17, 15) is 34.5 Å². The maximum absolute atomic E-state index is 13.1. The zero-order valence-electron chi connectivity index (χ0n) is 46.4. The molecule has 0 aromatic carbocycles. The Bertz CT molecular complexity index is 1460. The van der Waals surface area contributed by atoms with E-state index >= 15 is 0 Å². The van der Waals surface area contributed by atoms with Crippen LogP contribution in [-0.4, -0.2) is 89.2 Å². The lowest BCUT2D eigenvalue weighted by molar-refractivity contribution is -0.301. The van der Waals surface area contributed by atoms with Crippen LogP contribution in [0.5, 0.6) is 0 Å². The van der Waals surface area contributed by atoms with Crippen molar-refractivity contribution < 1.29 is 58.2 Å². The molecule has 0 spiro atoms. The lowest BCUT2D eigenvalue weighted by atomic mass is 9.98. The van der Waals surface area contributed by atoms with Gasteiger partial charge in [0.15, 0.2) is 24.6 Å². The molecule has 1 heterocycles. The molecule has 422 valence electrons. The van der Waals surface area contributed by atoms with E-state index in [0.29, 0.717) is 19.3 Å². The zero-order chi connectivity index (χ0) is 53.3. The standard InChI is InChI=1S/C61H106O12/c1-4-7-10-13-16-19-22-25-27-30-32-35-38-41-44-47-53(62)69-50-52(71-54(63)48-45-42-39-36-34-31-28-26-23-20-17-14-11-8-5-2)51-70-61-59(57(66)56(65)58(73-61)60(67)68)72-55(64)49-46-43-40-37-33-29-24-21-18-15-12-9-6-3/h9,12,18,21,25,27,29,33,52,56-59,61,65-66H,4-8,10-11,13-17,19-20,22-24,26,28,30-32,34-51H2,1-3H3,(H,67,68)/b12-9-,21-18-,27-25-,33-29-. The molecule has 0 saturated carbocycles. The lowest BCUT2D eigenvalue weighted by Crippen LogP contribution is -2.61. The quantitative estimate of drug-likeness (QED) is 0.0228. The largest absolute Gasteiger partial charge is 0.479 e. The summed E-state index contributed by atoms with van der Waals surface area (Å²) in [5.41, 5.74) is 0. The third-order valence-corrected chi connectivity index (χ3v) is 13.4. The SMILES string of the molecule is CC/C=C\C/C=C\C/C=C\CCCCCC(=O)OC1C(OCC(COC(=O)CCCCCCC/C=C\CCCCCCCC)OC(=O)CCCCCCCCCCCCCCCCC)OC(C(=O)O)C(O)C1O. The molecule has 0 amide bonds. The van der Waals surface area contributed by atoms with Gasteiger partial charge < -0.3 is 39.0 Å². The van der Waals surface area contributed by atoms with Gasteiger partial charge in [-0.15, -0.1) is 0 Å². The molecule has 6 unspecified atom stereocenters. The Hall–Kier alpha value is -3.32. The van der Waals surface area contributed by atoms with E-state index in [1.807, 2.05) is 0 Å². The Balaban J connectivity index is 2.71. The third-order valence-electron chi connectivity index (χ3n) is 13.4. The van der Waals surface area contributed by atoms with Gasteiger partial charge in [0.2, 0.25) is 0 Å². The van der Waals surface area contributed by atoms with Crippen molar-refractivity contribution in [1.82, 2.24) is 0 Å². The number of carboxylic acid groups (broad SMARTS) is 1. The summed E-state index contributed by atoms with van der Waals surface area (Å²) in [5.74, 6) is -3.15. The van der Waals surface area contributed by atoms with Crippen molar-refractivity contribution in [3.8, 4) is 0 Å². The van der Waals surface area contributed by atoms with Crippen molar-refractivity contribution in [2.24, 2.45) is 0 Å². The number of carbonyl (C=O) groups excluding carboxylic acids is 3. The minimum Gasteiger partial charge on any atom is -0.479 e. The van der Waals surface area contributed by atoms with Gasteiger partial charge in [0.1, 0.15) is 18.8 Å². The first-order valence-electron chi connectivity index (χ1n) is 29.6. The van der Waals surface area contributed by atoms with E-state index in [1.165, 1.54) is 109 Å². The predicted molar refractivity (Wildman–Crippen MR) is 294 cm³/mol. The molecule has 1 aliphatic heterocycles. The van der Waals surface area contributed by atoms with Crippen molar-refractivity contribution >= 4 is 23.9 Å². The van der Waals surface area contributed by atoms with Crippen LogP contribution < -0.4 is 0 Å². The van der Waals surface area contributed by atoms with Crippen LogP contribution in [0, 0.1) is 0 Å². The first-order valence-corrected chi connectivity index (χ1v) is 29.6. The van der Waals surface area contributed by atoms with Crippen molar-refractivity contribution in [2.45, 2.75) is 302 Å². The van der Waals surface area contributed by atoms with Gasteiger partial charge in [-0.3, -0.25) is 14.4 Å². The highest BCUT2D eigenvalue weighted by Crippen LogP contribution is 2.26. The highest BCUT2D eigenvalue weighted by Gasteiger charge is 2.50. The number of ether oxygens (including phenoxy) is 5. The molecule has 0 aromatic rings. The third kappa shape index (κ3) is 39.7. The van der Waals surface area contributed by atoms with Gasteiger partial charge in [0.25, 0.3) is 0 Å². The molecule has 12 heteroatoms. The maximum atomic E-state index is 13.1. The summed E-state index contributed by atoms with van der Waals surface area (Å²) < 4.78 is 28.4. The predicted octanol–water partition coefficient (Wildman–Crippen LogP) is 15.0. The Kier molecular flexibility index (Phi) is 45.9. The Morgan fingerprint density at radius 2 is 0.863 bits per heavy atom. The Morgan fingerprint density at radius 3 is 1.34 bits per heavy atom. The number of hydrogen-bond donors (Lipinski definition) is 3. The Labute approximate surface area is 443 Å². The van der Waals surface area contributed by atoms with Gasteiger partial charge in [-0.2, -0.15) is 0 Å². The number of aliphatic hydroxyl groups excluding tert-OH is 2. The second-order valence-corrected chi connectivity index (χ2v) is 20.3.